The summed E-state index contributed by atoms with van der Waals surface area (Å²) in [5.74, 6) is 0.467. The van der Waals surface area contributed by atoms with Crippen molar-refractivity contribution in [3.8, 4) is 0 Å². The van der Waals surface area contributed by atoms with Crippen molar-refractivity contribution in [1.82, 2.24) is 9.80 Å². The van der Waals surface area contributed by atoms with Crippen LogP contribution >= 0.6 is 0 Å². The van der Waals surface area contributed by atoms with Crippen molar-refractivity contribution in [2.24, 2.45) is 5.92 Å². The van der Waals surface area contributed by atoms with Crippen molar-refractivity contribution < 1.29 is 14.3 Å². The number of ether oxygens (including phenoxy) is 1. The SMILES string of the molecule is COC(=O)CCN(CCN(C)C)C(=O)CC1CCCCC1. The molecule has 122 valence electrons. The number of carbonyl (C=O) groups is 2. The summed E-state index contributed by atoms with van der Waals surface area (Å²) in [6.07, 6.45) is 7.05. The number of likely N-dealkylation sites (N-methyl/N-ethyl adjacent to an activating group) is 1. The minimum Gasteiger partial charge on any atom is -0.469 e. The summed E-state index contributed by atoms with van der Waals surface area (Å²) < 4.78 is 4.67. The van der Waals surface area contributed by atoms with E-state index < -0.39 is 0 Å². The largest absolute Gasteiger partial charge is 0.469 e. The van der Waals surface area contributed by atoms with Gasteiger partial charge >= 0.3 is 5.97 Å². The Morgan fingerprint density at radius 1 is 1.05 bits per heavy atom. The number of rotatable bonds is 8. The van der Waals surface area contributed by atoms with Crippen LogP contribution in [-0.2, 0) is 14.3 Å². The zero-order valence-electron chi connectivity index (χ0n) is 13.8. The second kappa shape index (κ2) is 9.77. The van der Waals surface area contributed by atoms with Crippen molar-refractivity contribution >= 4 is 11.9 Å². The average Bonchev–Trinajstić information content (AvgIpc) is 2.47. The second-order valence-corrected chi connectivity index (χ2v) is 6.22. The first-order valence-corrected chi connectivity index (χ1v) is 8.02. The molecule has 0 aromatic carbocycles. The molecule has 1 rings (SSSR count). The van der Waals surface area contributed by atoms with Crippen LogP contribution in [0.2, 0.25) is 0 Å². The molecular weight excluding hydrogens is 268 g/mol. The van der Waals surface area contributed by atoms with Crippen molar-refractivity contribution in [3.63, 3.8) is 0 Å². The van der Waals surface area contributed by atoms with Gasteiger partial charge in [0, 0.05) is 26.1 Å². The molecule has 21 heavy (non-hydrogen) atoms. The summed E-state index contributed by atoms with van der Waals surface area (Å²) in [7, 11) is 5.37. The Morgan fingerprint density at radius 2 is 1.71 bits per heavy atom. The van der Waals surface area contributed by atoms with Gasteiger partial charge in [0.2, 0.25) is 5.91 Å². The Hall–Kier alpha value is -1.10. The number of nitrogens with zero attached hydrogens (tertiary/aromatic N) is 2. The molecule has 0 bridgehead atoms. The molecule has 0 aliphatic heterocycles. The molecule has 0 N–H and O–H groups in total. The maximum atomic E-state index is 12.5. The van der Waals surface area contributed by atoms with Gasteiger partial charge in [-0.25, -0.2) is 0 Å². The van der Waals surface area contributed by atoms with Crippen molar-refractivity contribution in [1.29, 1.82) is 0 Å². The fourth-order valence-electron chi connectivity index (χ4n) is 2.78. The van der Waals surface area contributed by atoms with Crippen molar-refractivity contribution in [2.75, 3.05) is 40.8 Å². The molecule has 1 aliphatic rings. The lowest BCUT2D eigenvalue weighted by Gasteiger charge is -2.27. The highest BCUT2D eigenvalue weighted by molar-refractivity contribution is 5.77. The molecule has 1 amide bonds. The van der Waals surface area contributed by atoms with Crippen LogP contribution in [0.1, 0.15) is 44.9 Å². The maximum absolute atomic E-state index is 12.5. The third-order valence-electron chi connectivity index (χ3n) is 4.17. The molecular formula is C16H30N2O3. The van der Waals surface area contributed by atoms with Crippen LogP contribution in [0.15, 0.2) is 0 Å². The molecule has 0 heterocycles. The second-order valence-electron chi connectivity index (χ2n) is 6.22. The summed E-state index contributed by atoms with van der Waals surface area (Å²) in [6, 6.07) is 0. The molecule has 0 spiro atoms. The Bertz CT molecular complexity index is 325. The average molecular weight is 298 g/mol. The zero-order chi connectivity index (χ0) is 15.7. The quantitative estimate of drug-likeness (QED) is 0.642. The van der Waals surface area contributed by atoms with Gasteiger partial charge in [-0.1, -0.05) is 19.3 Å². The number of hydrogen-bond donors (Lipinski definition) is 0. The zero-order valence-corrected chi connectivity index (χ0v) is 13.8. The predicted molar refractivity (Wildman–Crippen MR) is 83.0 cm³/mol. The molecule has 1 fully saturated rings. The van der Waals surface area contributed by atoms with Gasteiger partial charge in [-0.05, 0) is 32.9 Å². The lowest BCUT2D eigenvalue weighted by atomic mass is 9.86. The Labute approximate surface area is 128 Å². The van der Waals surface area contributed by atoms with Gasteiger partial charge < -0.3 is 14.5 Å². The molecule has 0 saturated heterocycles. The summed E-state index contributed by atoms with van der Waals surface area (Å²) in [5.41, 5.74) is 0. The highest BCUT2D eigenvalue weighted by Crippen LogP contribution is 2.26. The number of carbonyl (C=O) groups excluding carboxylic acids is 2. The van der Waals surface area contributed by atoms with Gasteiger partial charge in [-0.2, -0.15) is 0 Å². The van der Waals surface area contributed by atoms with E-state index in [2.05, 4.69) is 9.64 Å². The van der Waals surface area contributed by atoms with Gasteiger partial charge in [-0.3, -0.25) is 9.59 Å². The fourth-order valence-corrected chi connectivity index (χ4v) is 2.78. The number of hydrogen-bond acceptors (Lipinski definition) is 4. The molecule has 0 aromatic heterocycles. The van der Waals surface area contributed by atoms with Crippen LogP contribution in [0.25, 0.3) is 0 Å². The molecule has 0 unspecified atom stereocenters. The summed E-state index contributed by atoms with van der Waals surface area (Å²) >= 11 is 0. The molecule has 1 aliphatic carbocycles. The van der Waals surface area contributed by atoms with Crippen LogP contribution in [-0.4, -0.2) is 62.5 Å². The van der Waals surface area contributed by atoms with Crippen LogP contribution < -0.4 is 0 Å². The standard InChI is InChI=1S/C16H30N2O3/c1-17(2)11-12-18(10-9-16(20)21-3)15(19)13-14-7-5-4-6-8-14/h14H,4-13H2,1-3H3. The summed E-state index contributed by atoms with van der Waals surface area (Å²) in [4.78, 5) is 27.7. The molecule has 1 saturated carbocycles. The molecule has 5 nitrogen and oxygen atoms in total. The van der Waals surface area contributed by atoms with Crippen LogP contribution in [0.3, 0.4) is 0 Å². The summed E-state index contributed by atoms with van der Waals surface area (Å²) in [6.45, 7) is 1.96. The van der Waals surface area contributed by atoms with E-state index in [1.54, 1.807) is 0 Å². The smallest absolute Gasteiger partial charge is 0.307 e. The molecule has 0 atom stereocenters. The third kappa shape index (κ3) is 7.46. The molecule has 5 heteroatoms. The molecule has 0 aromatic rings. The maximum Gasteiger partial charge on any atom is 0.307 e. The van der Waals surface area contributed by atoms with E-state index in [4.69, 9.17) is 0 Å². The van der Waals surface area contributed by atoms with Crippen LogP contribution in [0, 0.1) is 5.92 Å². The summed E-state index contributed by atoms with van der Waals surface area (Å²) in [5, 5.41) is 0. The lowest BCUT2D eigenvalue weighted by molar-refractivity contribution is -0.142. The Balaban J connectivity index is 2.47. The lowest BCUT2D eigenvalue weighted by Crippen LogP contribution is -2.39. The molecule has 0 radical (unpaired) electrons. The van der Waals surface area contributed by atoms with Crippen molar-refractivity contribution in [3.05, 3.63) is 0 Å². The minimum atomic E-state index is -0.254. The van der Waals surface area contributed by atoms with E-state index in [1.807, 2.05) is 19.0 Å². The van der Waals surface area contributed by atoms with Crippen LogP contribution in [0.4, 0.5) is 0 Å². The van der Waals surface area contributed by atoms with E-state index in [0.29, 0.717) is 25.4 Å². The normalized spacial score (nSPS) is 16.0. The monoisotopic (exact) mass is 298 g/mol. The first kappa shape index (κ1) is 18.0. The van der Waals surface area contributed by atoms with Crippen molar-refractivity contribution in [2.45, 2.75) is 44.9 Å². The van der Waals surface area contributed by atoms with E-state index in [9.17, 15) is 9.59 Å². The Morgan fingerprint density at radius 3 is 2.29 bits per heavy atom. The predicted octanol–water partition coefficient (Wildman–Crippen LogP) is 1.91. The first-order chi connectivity index (χ1) is 10.0. The van der Waals surface area contributed by atoms with E-state index in [0.717, 1.165) is 6.54 Å². The van der Waals surface area contributed by atoms with Gasteiger partial charge in [0.15, 0.2) is 0 Å². The first-order valence-electron chi connectivity index (χ1n) is 8.02. The van der Waals surface area contributed by atoms with E-state index in [1.165, 1.54) is 39.2 Å². The van der Waals surface area contributed by atoms with E-state index >= 15 is 0 Å². The fraction of sp³-hybridized carbons (Fsp3) is 0.875. The van der Waals surface area contributed by atoms with Gasteiger partial charge in [0.25, 0.3) is 0 Å². The van der Waals surface area contributed by atoms with Gasteiger partial charge in [0.1, 0.15) is 0 Å². The highest BCUT2D eigenvalue weighted by Gasteiger charge is 2.21. The number of amides is 1. The topological polar surface area (TPSA) is 49.9 Å². The Kier molecular flexibility index (Phi) is 8.35. The van der Waals surface area contributed by atoms with Gasteiger partial charge in [-0.15, -0.1) is 0 Å². The third-order valence-corrected chi connectivity index (χ3v) is 4.17. The number of methoxy groups -OCH3 is 1. The van der Waals surface area contributed by atoms with Gasteiger partial charge in [0.05, 0.1) is 13.5 Å². The van der Waals surface area contributed by atoms with E-state index in [-0.39, 0.29) is 18.3 Å². The number of esters is 1. The van der Waals surface area contributed by atoms with Crippen LogP contribution in [0.5, 0.6) is 0 Å². The highest BCUT2D eigenvalue weighted by atomic mass is 16.5. The minimum absolute atomic E-state index is 0.188.